The number of carbonyl (C=O) groups excluding carboxylic acids is 1. The number of benzene rings is 2. The highest BCUT2D eigenvalue weighted by Crippen LogP contribution is 2.33. The van der Waals surface area contributed by atoms with Gasteiger partial charge in [0.05, 0.1) is 16.9 Å². The molecule has 0 atom stereocenters. The van der Waals surface area contributed by atoms with Crippen LogP contribution in [0.1, 0.15) is 52.1 Å². The molecule has 5 heteroatoms. The lowest BCUT2D eigenvalue weighted by molar-refractivity contribution is 0.0206. The fourth-order valence-electron chi connectivity index (χ4n) is 4.02. The average Bonchev–Trinajstić information content (AvgIpc) is 3.29. The Morgan fingerprint density at radius 1 is 1.10 bits per heavy atom. The molecular formula is C24H28N2O3. The Balaban J connectivity index is 1.68. The molecule has 1 aliphatic rings. The number of nitrogens with zero attached hydrogens (tertiary/aromatic N) is 2. The summed E-state index contributed by atoms with van der Waals surface area (Å²) in [7, 11) is 0. The van der Waals surface area contributed by atoms with Crippen LogP contribution in [0.2, 0.25) is 0 Å². The van der Waals surface area contributed by atoms with Crippen LogP contribution in [0.15, 0.2) is 48.5 Å². The zero-order chi connectivity index (χ0) is 20.4. The van der Waals surface area contributed by atoms with Crippen molar-refractivity contribution in [1.82, 2.24) is 9.78 Å². The van der Waals surface area contributed by atoms with E-state index in [9.17, 15) is 4.79 Å². The minimum atomic E-state index is -0.703. The molecule has 0 bridgehead atoms. The number of hydrogen-bond donors (Lipinski definition) is 0. The van der Waals surface area contributed by atoms with Crippen LogP contribution in [0.3, 0.4) is 0 Å². The molecule has 3 aromatic rings. The van der Waals surface area contributed by atoms with Gasteiger partial charge in [0.25, 0.3) is 0 Å². The Labute approximate surface area is 171 Å². The summed E-state index contributed by atoms with van der Waals surface area (Å²) >= 11 is 0. The molecule has 0 N–H and O–H groups in total. The van der Waals surface area contributed by atoms with Crippen LogP contribution >= 0.6 is 0 Å². The van der Waals surface area contributed by atoms with Gasteiger partial charge >= 0.3 is 6.16 Å². The lowest BCUT2D eigenvalue weighted by Crippen LogP contribution is -2.25. The van der Waals surface area contributed by atoms with Crippen LogP contribution < -0.4 is 4.74 Å². The highest BCUT2D eigenvalue weighted by Gasteiger charge is 2.22. The van der Waals surface area contributed by atoms with E-state index in [0.29, 0.717) is 11.7 Å². The number of rotatable bonds is 4. The smallest absolute Gasteiger partial charge is 0.428 e. The van der Waals surface area contributed by atoms with Crippen LogP contribution in [-0.4, -0.2) is 21.5 Å². The number of ether oxygens (including phenoxy) is 2. The molecule has 1 fully saturated rings. The van der Waals surface area contributed by atoms with E-state index in [1.807, 2.05) is 61.9 Å². The normalized spacial score (nSPS) is 15.0. The van der Waals surface area contributed by atoms with Gasteiger partial charge in [-0.1, -0.05) is 43.9 Å². The summed E-state index contributed by atoms with van der Waals surface area (Å²) in [5, 5.41) is 5.96. The van der Waals surface area contributed by atoms with Gasteiger partial charge < -0.3 is 9.47 Å². The summed E-state index contributed by atoms with van der Waals surface area (Å²) in [6, 6.07) is 15.8. The van der Waals surface area contributed by atoms with Gasteiger partial charge in [-0.25, -0.2) is 9.48 Å². The minimum Gasteiger partial charge on any atom is -0.428 e. The van der Waals surface area contributed by atoms with Crippen LogP contribution in [0.5, 0.6) is 5.75 Å². The summed E-state index contributed by atoms with van der Waals surface area (Å²) < 4.78 is 12.7. The van der Waals surface area contributed by atoms with E-state index in [0.717, 1.165) is 23.0 Å². The van der Waals surface area contributed by atoms with Crippen molar-refractivity contribution in [2.24, 2.45) is 5.92 Å². The predicted octanol–water partition coefficient (Wildman–Crippen LogP) is 6.07. The monoisotopic (exact) mass is 392 g/mol. The van der Waals surface area contributed by atoms with Crippen molar-refractivity contribution < 1.29 is 14.3 Å². The summed E-state index contributed by atoms with van der Waals surface area (Å²) in [5.74, 6) is 1.15. The van der Waals surface area contributed by atoms with Gasteiger partial charge in [0.15, 0.2) is 0 Å². The highest BCUT2D eigenvalue weighted by atomic mass is 16.7. The van der Waals surface area contributed by atoms with E-state index in [4.69, 9.17) is 14.6 Å². The van der Waals surface area contributed by atoms with Crippen LogP contribution in [0, 0.1) is 5.92 Å². The first-order valence-corrected chi connectivity index (χ1v) is 10.4. The minimum absolute atomic E-state index is 0.442. The Morgan fingerprint density at radius 3 is 2.52 bits per heavy atom. The van der Waals surface area contributed by atoms with E-state index < -0.39 is 11.8 Å². The largest absolute Gasteiger partial charge is 0.514 e. The summed E-state index contributed by atoms with van der Waals surface area (Å²) in [5.41, 5.74) is 2.50. The van der Waals surface area contributed by atoms with Crippen LogP contribution in [-0.2, 0) is 11.2 Å². The van der Waals surface area contributed by atoms with Gasteiger partial charge in [-0.15, -0.1) is 0 Å². The second kappa shape index (κ2) is 7.90. The maximum Gasteiger partial charge on any atom is 0.514 e. The van der Waals surface area contributed by atoms with Crippen molar-refractivity contribution in [3.63, 3.8) is 0 Å². The SMILES string of the molecule is CC(C)(C)OC(=O)Oc1ccc2c(CC3CCCC3)n(-c3ccccc3)nc2c1. The number of hydrogen-bond acceptors (Lipinski definition) is 4. The molecule has 0 aliphatic heterocycles. The van der Waals surface area contributed by atoms with Gasteiger partial charge in [-0.3, -0.25) is 0 Å². The maximum atomic E-state index is 12.0. The van der Waals surface area contributed by atoms with Gasteiger partial charge in [-0.05, 0) is 57.4 Å². The van der Waals surface area contributed by atoms with Crippen molar-refractivity contribution in [3.8, 4) is 11.4 Å². The third kappa shape index (κ3) is 4.61. The first-order valence-electron chi connectivity index (χ1n) is 10.4. The number of carbonyl (C=O) groups is 1. The second-order valence-corrected chi connectivity index (χ2v) is 8.79. The number of aromatic nitrogens is 2. The Bertz CT molecular complexity index is 996. The van der Waals surface area contributed by atoms with E-state index in [-0.39, 0.29) is 0 Å². The van der Waals surface area contributed by atoms with E-state index in [2.05, 4.69) is 12.1 Å². The topological polar surface area (TPSA) is 53.4 Å². The van der Waals surface area contributed by atoms with Crippen LogP contribution in [0.25, 0.3) is 16.6 Å². The van der Waals surface area contributed by atoms with Crippen molar-refractivity contribution >= 4 is 17.1 Å². The van der Waals surface area contributed by atoms with Crippen molar-refractivity contribution in [3.05, 3.63) is 54.2 Å². The molecule has 2 aromatic carbocycles. The molecule has 0 saturated heterocycles. The third-order valence-electron chi connectivity index (χ3n) is 5.29. The lowest BCUT2D eigenvalue weighted by Gasteiger charge is -2.18. The standard InChI is InChI=1S/C24H28N2O3/c1-24(2,3)29-23(27)28-19-13-14-20-21(16-19)25-26(18-11-5-4-6-12-18)22(20)15-17-9-7-8-10-17/h4-6,11-14,16-17H,7-10,15H2,1-3H3. The van der Waals surface area contributed by atoms with E-state index in [1.54, 1.807) is 0 Å². The molecule has 1 aromatic heterocycles. The van der Waals surface area contributed by atoms with Gasteiger partial charge in [0, 0.05) is 11.5 Å². The Hall–Kier alpha value is -2.82. The first-order chi connectivity index (χ1) is 13.9. The number of fused-ring (bicyclic) bond motifs is 1. The van der Waals surface area contributed by atoms with Crippen LogP contribution in [0.4, 0.5) is 4.79 Å². The van der Waals surface area contributed by atoms with Gasteiger partial charge in [0.2, 0.25) is 0 Å². The molecule has 5 nitrogen and oxygen atoms in total. The molecule has 29 heavy (non-hydrogen) atoms. The highest BCUT2D eigenvalue weighted by molar-refractivity contribution is 5.84. The van der Waals surface area contributed by atoms with Crippen molar-refractivity contribution in [2.45, 2.75) is 58.5 Å². The van der Waals surface area contributed by atoms with E-state index >= 15 is 0 Å². The molecule has 1 saturated carbocycles. The summed E-state index contributed by atoms with van der Waals surface area (Å²) in [4.78, 5) is 12.0. The summed E-state index contributed by atoms with van der Waals surface area (Å²) in [6.07, 6.45) is 5.50. The zero-order valence-electron chi connectivity index (χ0n) is 17.4. The molecule has 0 spiro atoms. The lowest BCUT2D eigenvalue weighted by atomic mass is 9.99. The zero-order valence-corrected chi connectivity index (χ0v) is 17.4. The molecule has 152 valence electrons. The van der Waals surface area contributed by atoms with Crippen molar-refractivity contribution in [2.75, 3.05) is 0 Å². The first kappa shape index (κ1) is 19.5. The third-order valence-corrected chi connectivity index (χ3v) is 5.29. The average molecular weight is 392 g/mol. The fraction of sp³-hybridized carbons (Fsp3) is 0.417. The predicted molar refractivity (Wildman–Crippen MR) is 114 cm³/mol. The molecule has 4 rings (SSSR count). The fourth-order valence-corrected chi connectivity index (χ4v) is 4.02. The molecule has 0 unspecified atom stereocenters. The maximum absolute atomic E-state index is 12.0. The van der Waals surface area contributed by atoms with E-state index in [1.165, 1.54) is 31.4 Å². The Kier molecular flexibility index (Phi) is 5.31. The van der Waals surface area contributed by atoms with Gasteiger partial charge in [-0.2, -0.15) is 5.10 Å². The Morgan fingerprint density at radius 2 is 1.83 bits per heavy atom. The summed E-state index contributed by atoms with van der Waals surface area (Å²) in [6.45, 7) is 5.44. The molecule has 1 aliphatic carbocycles. The van der Waals surface area contributed by atoms with Crippen molar-refractivity contribution in [1.29, 1.82) is 0 Å². The number of para-hydroxylation sites is 1. The second-order valence-electron chi connectivity index (χ2n) is 8.79. The molecule has 0 amide bonds. The molecular weight excluding hydrogens is 364 g/mol. The van der Waals surface area contributed by atoms with Gasteiger partial charge in [0.1, 0.15) is 11.4 Å². The quantitative estimate of drug-likeness (QED) is 0.399. The molecule has 1 heterocycles. The molecule has 0 radical (unpaired) electrons.